The van der Waals surface area contributed by atoms with Crippen LogP contribution in [0.15, 0.2) is 48.5 Å². The van der Waals surface area contributed by atoms with Gasteiger partial charge in [0, 0.05) is 26.0 Å². The molecule has 0 bridgehead atoms. The number of aliphatic hydroxyl groups excluding tert-OH is 1. The smallest absolute Gasteiger partial charge is 1.00 e. The Bertz CT molecular complexity index is 1250. The first-order chi connectivity index (χ1) is 17.7. The molecule has 2 saturated heterocycles. The fourth-order valence-corrected chi connectivity index (χ4v) is 4.66. The molecule has 0 saturated carbocycles. The molecule has 3 N–H and O–H groups in total. The molecule has 7 nitrogen and oxygen atoms in total. The van der Waals surface area contributed by atoms with Crippen LogP contribution >= 0.6 is 0 Å². The Morgan fingerprint density at radius 3 is 1.68 bits per heavy atom. The molecular weight excluding hydrogens is 542 g/mol. The molecule has 0 spiro atoms. The number of rotatable bonds is 4. The summed E-state index contributed by atoms with van der Waals surface area (Å²) >= 11 is 0. The molecule has 211 valence electrons. The first-order valence-electron chi connectivity index (χ1n) is 12.0. The van der Waals surface area contributed by atoms with Crippen molar-refractivity contribution in [1.82, 2.24) is 10.6 Å². The van der Waals surface area contributed by atoms with Crippen LogP contribution in [0.3, 0.4) is 0 Å². The van der Waals surface area contributed by atoms with Gasteiger partial charge in [0.25, 0.3) is 17.5 Å². The number of methoxy groups -OCH3 is 1. The van der Waals surface area contributed by atoms with Gasteiger partial charge in [0.1, 0.15) is 11.6 Å². The maximum absolute atomic E-state index is 14.3. The first kappa shape index (κ1) is 35.6. The van der Waals surface area contributed by atoms with Gasteiger partial charge in [0.2, 0.25) is 5.67 Å². The number of carbonyl (C=O) groups is 3. The molecule has 2 heterocycles. The van der Waals surface area contributed by atoms with Gasteiger partial charge in [-0.2, -0.15) is 0 Å². The van der Waals surface area contributed by atoms with Crippen LogP contribution in [-0.4, -0.2) is 56.4 Å². The standard InChI is InChI=1S/C14H15F2NO3.C13H15F2NO2.B.Na.H/c1-13(9-5-3-4-6-10(9)15)7-8-14(16,11(18)17-13)12(19)20-2;1-12(9-4-2-3-5-10(9)14)6-7-13(15,8-17)11(18)16-12;;;/h3-6H,7-8H2,1-2H3,(H,17,18);2-5,17H,6-8H2,1H3,(H,16,18);;;/q;;;+1;-1/t13-,14?;12-,13?;;;/m00.../s1. The van der Waals surface area contributed by atoms with Crippen molar-refractivity contribution < 1.29 is 72.8 Å². The molecule has 4 rings (SSSR count). The predicted molar refractivity (Wildman–Crippen MR) is 136 cm³/mol. The average Bonchev–Trinajstić information content (AvgIpc) is 2.89. The average molecular weight is 573 g/mol. The molecule has 0 aliphatic carbocycles. The van der Waals surface area contributed by atoms with Gasteiger partial charge in [-0.25, -0.2) is 22.4 Å². The van der Waals surface area contributed by atoms with Crippen molar-refractivity contribution in [3.05, 3.63) is 71.3 Å². The van der Waals surface area contributed by atoms with Crippen LogP contribution in [0, 0.1) is 11.6 Å². The summed E-state index contributed by atoms with van der Waals surface area (Å²) in [6.45, 7) is 2.40. The Balaban J connectivity index is 0.000000730. The Kier molecular flexibility index (Phi) is 12.0. The van der Waals surface area contributed by atoms with E-state index in [0.717, 1.165) is 7.11 Å². The maximum Gasteiger partial charge on any atom is 1.00 e. The summed E-state index contributed by atoms with van der Waals surface area (Å²) < 4.78 is 60.1. The van der Waals surface area contributed by atoms with E-state index >= 15 is 0 Å². The number of aliphatic hydroxyl groups is 1. The molecule has 2 aliphatic rings. The molecule has 4 atom stereocenters. The minimum atomic E-state index is -2.71. The number of piperidine rings is 2. The number of ether oxygens (including phenoxy) is 1. The molecule has 2 aromatic rings. The third-order valence-corrected chi connectivity index (χ3v) is 7.23. The van der Waals surface area contributed by atoms with E-state index < -0.39 is 58.4 Å². The van der Waals surface area contributed by atoms with Gasteiger partial charge in [-0.3, -0.25) is 9.59 Å². The number of alkyl halides is 2. The molecule has 0 aromatic heterocycles. The van der Waals surface area contributed by atoms with Gasteiger partial charge in [-0.05, 0) is 45.2 Å². The molecule has 2 aliphatic heterocycles. The summed E-state index contributed by atoms with van der Waals surface area (Å²) in [6, 6.07) is 12.0. The molecule has 2 fully saturated rings. The third-order valence-electron chi connectivity index (χ3n) is 7.23. The molecule has 2 aromatic carbocycles. The van der Waals surface area contributed by atoms with Crippen molar-refractivity contribution in [2.45, 2.75) is 61.9 Å². The zero-order valence-corrected chi connectivity index (χ0v) is 24.8. The molecule has 2 amide bonds. The van der Waals surface area contributed by atoms with Crippen LogP contribution in [0.5, 0.6) is 0 Å². The van der Waals surface area contributed by atoms with E-state index in [4.69, 9.17) is 5.11 Å². The number of hydrogen-bond donors (Lipinski definition) is 3. The number of nitrogens with one attached hydrogen (secondary N) is 2. The second-order valence-electron chi connectivity index (χ2n) is 9.95. The van der Waals surface area contributed by atoms with E-state index in [9.17, 15) is 31.9 Å². The minimum Gasteiger partial charge on any atom is -1.00 e. The molecule has 3 radical (unpaired) electrons. The van der Waals surface area contributed by atoms with Gasteiger partial charge < -0.3 is 21.9 Å². The van der Waals surface area contributed by atoms with E-state index in [1.165, 1.54) is 24.3 Å². The number of amides is 2. The topological polar surface area (TPSA) is 105 Å². The summed E-state index contributed by atoms with van der Waals surface area (Å²) in [5.41, 5.74) is -6.36. The van der Waals surface area contributed by atoms with Crippen LogP contribution in [0.1, 0.15) is 52.1 Å². The van der Waals surface area contributed by atoms with Crippen molar-refractivity contribution in [3.63, 3.8) is 0 Å². The number of hydrogen-bond acceptors (Lipinski definition) is 5. The SMILES string of the molecule is COC(=O)C1(F)CC[C@@](C)(c2ccccc2F)NC1=O.C[C@@]1(c2ccccc2F)CCC(F)(CO)C(=O)N1.[B].[H-].[Na+]. The van der Waals surface area contributed by atoms with Gasteiger partial charge in [0.05, 0.1) is 24.8 Å². The fourth-order valence-electron chi connectivity index (χ4n) is 4.66. The zero-order chi connectivity index (χ0) is 28.4. The fraction of sp³-hybridized carbons (Fsp3) is 0.444. The van der Waals surface area contributed by atoms with Crippen molar-refractivity contribution in [2.75, 3.05) is 13.7 Å². The summed E-state index contributed by atoms with van der Waals surface area (Å²) in [5, 5.41) is 13.8. The third kappa shape index (κ3) is 6.90. The van der Waals surface area contributed by atoms with Crippen molar-refractivity contribution in [1.29, 1.82) is 0 Å². The van der Waals surface area contributed by atoms with Crippen molar-refractivity contribution in [2.24, 2.45) is 0 Å². The normalized spacial score (nSPS) is 29.3. The summed E-state index contributed by atoms with van der Waals surface area (Å²) in [4.78, 5) is 35.0. The Morgan fingerprint density at radius 2 is 1.30 bits per heavy atom. The van der Waals surface area contributed by atoms with Crippen molar-refractivity contribution >= 4 is 26.2 Å². The molecular formula is C27H31BF4N2NaO5. The van der Waals surface area contributed by atoms with Gasteiger partial charge in [0.15, 0.2) is 0 Å². The monoisotopic (exact) mass is 573 g/mol. The number of esters is 1. The Morgan fingerprint density at radius 1 is 0.875 bits per heavy atom. The van der Waals surface area contributed by atoms with E-state index in [2.05, 4.69) is 15.4 Å². The van der Waals surface area contributed by atoms with Gasteiger partial charge in [-0.1, -0.05) is 36.4 Å². The van der Waals surface area contributed by atoms with E-state index in [-0.39, 0.29) is 70.6 Å². The van der Waals surface area contributed by atoms with E-state index in [0.29, 0.717) is 5.56 Å². The zero-order valence-electron chi connectivity index (χ0n) is 23.8. The maximum atomic E-state index is 14.3. The van der Waals surface area contributed by atoms with Crippen molar-refractivity contribution in [3.8, 4) is 0 Å². The second kappa shape index (κ2) is 13.5. The van der Waals surface area contributed by atoms with Crippen LogP contribution in [0.25, 0.3) is 0 Å². The number of benzene rings is 2. The predicted octanol–water partition coefficient (Wildman–Crippen LogP) is 0.219. The summed E-state index contributed by atoms with van der Waals surface area (Å²) in [6.07, 6.45) is -0.154. The first-order valence-corrected chi connectivity index (χ1v) is 12.0. The molecule has 2 unspecified atom stereocenters. The van der Waals surface area contributed by atoms with Crippen LogP contribution in [0.4, 0.5) is 17.6 Å². The number of halogens is 4. The van der Waals surface area contributed by atoms with Crippen LogP contribution in [-0.2, 0) is 30.2 Å². The van der Waals surface area contributed by atoms with Crippen LogP contribution in [0.2, 0.25) is 0 Å². The van der Waals surface area contributed by atoms with E-state index in [1.807, 2.05) is 0 Å². The van der Waals surface area contributed by atoms with E-state index in [1.54, 1.807) is 38.1 Å². The largest absolute Gasteiger partial charge is 1.00 e. The second-order valence-corrected chi connectivity index (χ2v) is 9.95. The summed E-state index contributed by atoms with van der Waals surface area (Å²) in [7, 11) is 1.02. The van der Waals surface area contributed by atoms with Gasteiger partial charge >= 0.3 is 35.5 Å². The molecule has 40 heavy (non-hydrogen) atoms. The van der Waals surface area contributed by atoms with Gasteiger partial charge in [-0.15, -0.1) is 0 Å². The van der Waals surface area contributed by atoms with Crippen LogP contribution < -0.4 is 40.2 Å². The minimum absolute atomic E-state index is 0. The Hall–Kier alpha value is -2.41. The Labute approximate surface area is 255 Å². The number of carbonyl (C=O) groups excluding carboxylic acids is 3. The summed E-state index contributed by atoms with van der Waals surface area (Å²) in [5.74, 6) is -4.13. The quantitative estimate of drug-likeness (QED) is 0.210. The molecule has 13 heteroatoms.